The lowest BCUT2D eigenvalue weighted by molar-refractivity contribution is 0.120. The topological polar surface area (TPSA) is 47.3 Å². The fourth-order valence-electron chi connectivity index (χ4n) is 2.61. The van der Waals surface area contributed by atoms with Crippen LogP contribution in [0.2, 0.25) is 0 Å². The molecule has 1 aromatic rings. The number of rotatable bonds is 6. The Morgan fingerprint density at radius 1 is 1.53 bits per heavy atom. The number of aromatic nitrogens is 2. The predicted molar refractivity (Wildman–Crippen MR) is 66.0 cm³/mol. The van der Waals surface area contributed by atoms with E-state index in [1.165, 1.54) is 25.7 Å². The van der Waals surface area contributed by atoms with E-state index in [4.69, 9.17) is 4.74 Å². The molecule has 96 valence electrons. The average Bonchev–Trinajstić information content (AvgIpc) is 2.91. The van der Waals surface area contributed by atoms with Gasteiger partial charge in [-0.15, -0.1) is 0 Å². The maximum Gasteiger partial charge on any atom is 0.157 e. The summed E-state index contributed by atoms with van der Waals surface area (Å²) >= 11 is 0. The third-order valence-corrected chi connectivity index (χ3v) is 3.40. The molecule has 1 atom stereocenters. The van der Waals surface area contributed by atoms with Crippen LogP contribution in [-0.2, 0) is 6.54 Å². The Balaban J connectivity index is 1.78. The molecule has 0 aromatic carbocycles. The normalized spacial score (nSPS) is 18.5. The second-order valence-electron chi connectivity index (χ2n) is 4.87. The highest BCUT2D eigenvalue weighted by molar-refractivity contribution is 5.11. The summed E-state index contributed by atoms with van der Waals surface area (Å²) in [5, 5.41) is 14.2. The second kappa shape index (κ2) is 6.05. The number of hydrogen-bond acceptors (Lipinski definition) is 3. The van der Waals surface area contributed by atoms with E-state index in [1.54, 1.807) is 10.9 Å². The standard InChI is InChI=1S/C13H22N2O2/c1-2-17-13-8-14-15(10-13)9-12(16)7-11-5-3-4-6-11/h8,10-12,16H,2-7,9H2,1H3. The fourth-order valence-corrected chi connectivity index (χ4v) is 2.61. The van der Waals surface area contributed by atoms with Gasteiger partial charge in [0.15, 0.2) is 5.75 Å². The summed E-state index contributed by atoms with van der Waals surface area (Å²) in [4.78, 5) is 0. The SMILES string of the molecule is CCOc1cnn(CC(O)CC2CCCC2)c1. The zero-order valence-electron chi connectivity index (χ0n) is 10.5. The Kier molecular flexibility index (Phi) is 4.42. The Morgan fingerprint density at radius 2 is 2.29 bits per heavy atom. The molecule has 4 heteroatoms. The number of aliphatic hydroxyl groups is 1. The van der Waals surface area contributed by atoms with E-state index in [2.05, 4.69) is 5.10 Å². The summed E-state index contributed by atoms with van der Waals surface area (Å²) in [7, 11) is 0. The van der Waals surface area contributed by atoms with Crippen LogP contribution >= 0.6 is 0 Å². The van der Waals surface area contributed by atoms with Gasteiger partial charge in [0.2, 0.25) is 0 Å². The van der Waals surface area contributed by atoms with Crippen molar-refractivity contribution >= 4 is 0 Å². The van der Waals surface area contributed by atoms with Gasteiger partial charge in [-0.3, -0.25) is 4.68 Å². The molecule has 17 heavy (non-hydrogen) atoms. The minimum absolute atomic E-state index is 0.285. The van der Waals surface area contributed by atoms with Gasteiger partial charge in [-0.05, 0) is 19.3 Å². The van der Waals surface area contributed by atoms with Crippen LogP contribution in [0.15, 0.2) is 12.4 Å². The smallest absolute Gasteiger partial charge is 0.157 e. The van der Waals surface area contributed by atoms with Gasteiger partial charge >= 0.3 is 0 Å². The summed E-state index contributed by atoms with van der Waals surface area (Å²) in [6, 6.07) is 0. The van der Waals surface area contributed by atoms with E-state index < -0.39 is 0 Å². The Labute approximate surface area is 103 Å². The number of aliphatic hydroxyl groups excluding tert-OH is 1. The summed E-state index contributed by atoms with van der Waals surface area (Å²) in [5.41, 5.74) is 0. The van der Waals surface area contributed by atoms with E-state index in [1.807, 2.05) is 13.1 Å². The van der Waals surface area contributed by atoms with Crippen LogP contribution in [0.1, 0.15) is 39.0 Å². The number of nitrogens with zero attached hydrogens (tertiary/aromatic N) is 2. The molecule has 0 spiro atoms. The second-order valence-corrected chi connectivity index (χ2v) is 4.87. The van der Waals surface area contributed by atoms with E-state index in [0.717, 1.165) is 12.2 Å². The molecule has 1 aliphatic rings. The fraction of sp³-hybridized carbons (Fsp3) is 0.769. The van der Waals surface area contributed by atoms with E-state index in [-0.39, 0.29) is 6.10 Å². The van der Waals surface area contributed by atoms with Crippen LogP contribution in [0.3, 0.4) is 0 Å². The third kappa shape index (κ3) is 3.73. The molecule has 2 rings (SSSR count). The zero-order chi connectivity index (χ0) is 12.1. The van der Waals surface area contributed by atoms with Crippen LogP contribution < -0.4 is 4.74 Å². The van der Waals surface area contributed by atoms with Gasteiger partial charge in [0.1, 0.15) is 0 Å². The van der Waals surface area contributed by atoms with Crippen molar-refractivity contribution in [2.24, 2.45) is 5.92 Å². The predicted octanol–water partition coefficient (Wildman–Crippen LogP) is 2.22. The molecule has 1 aliphatic carbocycles. The third-order valence-electron chi connectivity index (χ3n) is 3.40. The zero-order valence-corrected chi connectivity index (χ0v) is 10.5. The van der Waals surface area contributed by atoms with Gasteiger partial charge < -0.3 is 9.84 Å². The van der Waals surface area contributed by atoms with Crippen molar-refractivity contribution in [2.45, 2.75) is 51.7 Å². The summed E-state index contributed by atoms with van der Waals surface area (Å²) in [6.07, 6.45) is 9.38. The maximum absolute atomic E-state index is 10.0. The molecule has 4 nitrogen and oxygen atoms in total. The first kappa shape index (κ1) is 12.4. The minimum atomic E-state index is -0.285. The van der Waals surface area contributed by atoms with Crippen molar-refractivity contribution in [3.8, 4) is 5.75 Å². The van der Waals surface area contributed by atoms with Crippen LogP contribution in [0.25, 0.3) is 0 Å². The Bertz CT molecular complexity index is 332. The van der Waals surface area contributed by atoms with Crippen molar-refractivity contribution in [2.75, 3.05) is 6.61 Å². The van der Waals surface area contributed by atoms with Gasteiger partial charge in [-0.2, -0.15) is 5.10 Å². The molecule has 1 saturated carbocycles. The van der Waals surface area contributed by atoms with Gasteiger partial charge in [-0.1, -0.05) is 25.7 Å². The highest BCUT2D eigenvalue weighted by Crippen LogP contribution is 2.28. The van der Waals surface area contributed by atoms with Crippen molar-refractivity contribution < 1.29 is 9.84 Å². The van der Waals surface area contributed by atoms with Crippen LogP contribution in [0, 0.1) is 5.92 Å². The molecule has 0 amide bonds. The van der Waals surface area contributed by atoms with Crippen molar-refractivity contribution in [1.29, 1.82) is 0 Å². The minimum Gasteiger partial charge on any atom is -0.491 e. The molecule has 1 aromatic heterocycles. The molecular weight excluding hydrogens is 216 g/mol. The van der Waals surface area contributed by atoms with E-state index in [0.29, 0.717) is 19.1 Å². The Hall–Kier alpha value is -1.03. The van der Waals surface area contributed by atoms with Crippen LogP contribution in [-0.4, -0.2) is 27.6 Å². The van der Waals surface area contributed by atoms with Crippen molar-refractivity contribution in [3.63, 3.8) is 0 Å². The molecule has 1 fully saturated rings. The first-order chi connectivity index (χ1) is 8.28. The Morgan fingerprint density at radius 3 is 3.00 bits per heavy atom. The van der Waals surface area contributed by atoms with Gasteiger partial charge in [0.05, 0.1) is 31.6 Å². The quantitative estimate of drug-likeness (QED) is 0.826. The summed E-state index contributed by atoms with van der Waals surface area (Å²) < 4.78 is 7.11. The first-order valence-electron chi connectivity index (χ1n) is 6.61. The average molecular weight is 238 g/mol. The molecule has 0 radical (unpaired) electrons. The van der Waals surface area contributed by atoms with Gasteiger partial charge in [0, 0.05) is 0 Å². The highest BCUT2D eigenvalue weighted by atomic mass is 16.5. The molecular formula is C13H22N2O2. The van der Waals surface area contributed by atoms with Crippen molar-refractivity contribution in [3.05, 3.63) is 12.4 Å². The van der Waals surface area contributed by atoms with E-state index in [9.17, 15) is 5.11 Å². The lowest BCUT2D eigenvalue weighted by Crippen LogP contribution is -2.19. The number of hydrogen-bond donors (Lipinski definition) is 1. The number of ether oxygens (including phenoxy) is 1. The lowest BCUT2D eigenvalue weighted by atomic mass is 10.0. The maximum atomic E-state index is 10.0. The van der Waals surface area contributed by atoms with Crippen molar-refractivity contribution in [1.82, 2.24) is 9.78 Å². The monoisotopic (exact) mass is 238 g/mol. The molecule has 0 bridgehead atoms. The van der Waals surface area contributed by atoms with Crippen LogP contribution in [0.5, 0.6) is 5.75 Å². The molecule has 0 saturated heterocycles. The first-order valence-corrected chi connectivity index (χ1v) is 6.61. The summed E-state index contributed by atoms with van der Waals surface area (Å²) in [5.74, 6) is 1.49. The van der Waals surface area contributed by atoms with Gasteiger partial charge in [-0.25, -0.2) is 0 Å². The van der Waals surface area contributed by atoms with Gasteiger partial charge in [0.25, 0.3) is 0 Å². The molecule has 0 aliphatic heterocycles. The molecule has 1 heterocycles. The molecule has 1 N–H and O–H groups in total. The lowest BCUT2D eigenvalue weighted by Gasteiger charge is -2.15. The summed E-state index contributed by atoms with van der Waals surface area (Å²) in [6.45, 7) is 3.17. The molecule has 1 unspecified atom stereocenters. The van der Waals surface area contributed by atoms with Crippen LogP contribution in [0.4, 0.5) is 0 Å². The highest BCUT2D eigenvalue weighted by Gasteiger charge is 2.19. The largest absolute Gasteiger partial charge is 0.491 e. The van der Waals surface area contributed by atoms with E-state index >= 15 is 0 Å².